The molecule has 5 rings (SSSR count). The number of nitrogens with one attached hydrogen (secondary N) is 3. The first kappa shape index (κ1) is 25.6. The molecule has 37 heavy (non-hydrogen) atoms. The average molecular weight is 506 g/mol. The van der Waals surface area contributed by atoms with Gasteiger partial charge in [0.05, 0.1) is 16.6 Å². The minimum absolute atomic E-state index is 0.0465. The second-order valence-electron chi connectivity index (χ2n) is 8.66. The van der Waals surface area contributed by atoms with E-state index in [4.69, 9.17) is 15.1 Å². The third-order valence-corrected chi connectivity index (χ3v) is 6.05. The molecule has 2 amide bonds. The molecule has 3 aromatic rings. The highest BCUT2D eigenvalue weighted by atomic mass is 16.5. The normalized spacial score (nSPS) is 14.8. The summed E-state index contributed by atoms with van der Waals surface area (Å²) in [5.41, 5.74) is 1.91. The molecule has 0 radical (unpaired) electrons. The Kier molecular flexibility index (Phi) is 8.27. The molecule has 4 heterocycles. The highest BCUT2D eigenvalue weighted by Gasteiger charge is 2.17. The lowest BCUT2D eigenvalue weighted by Crippen LogP contribution is -2.35. The van der Waals surface area contributed by atoms with E-state index in [0.29, 0.717) is 23.9 Å². The lowest BCUT2D eigenvalue weighted by atomic mass is 9.95. The third-order valence-electron chi connectivity index (χ3n) is 6.05. The van der Waals surface area contributed by atoms with E-state index in [1.165, 1.54) is 50.4 Å². The van der Waals surface area contributed by atoms with Crippen LogP contribution in [0, 0.1) is 11.3 Å². The van der Waals surface area contributed by atoms with Crippen LogP contribution in [0.15, 0.2) is 41.3 Å². The summed E-state index contributed by atoms with van der Waals surface area (Å²) in [6.45, 7) is 1.31. The van der Waals surface area contributed by atoms with Crippen molar-refractivity contribution >= 4 is 34.7 Å². The third kappa shape index (κ3) is 6.80. The van der Waals surface area contributed by atoms with E-state index in [2.05, 4.69) is 32.0 Å². The number of ether oxygens (including phenoxy) is 1. The number of pyridine rings is 3. The van der Waals surface area contributed by atoms with Crippen LogP contribution in [-0.4, -0.2) is 50.8 Å². The quantitative estimate of drug-likeness (QED) is 0.407. The van der Waals surface area contributed by atoms with Gasteiger partial charge in [0.1, 0.15) is 11.9 Å². The standard InChI is InChI=1S/C17H20N4O.C8H7N3O4/c18-11-13-10-16-15(20-12-13)6-7-17(22)21(16)9-8-19-14-4-2-1-3-5-14;12-6-3-15-4-1-2-5(10-8(13)14)9-7(4)11-6/h6-7,10,12,14,19H,1-5,8-9H2;1-2H,3H2,(H,13,14)(H2,9,10,11,12). The number of nitriles is 1. The molecule has 4 N–H and O–H groups in total. The van der Waals surface area contributed by atoms with E-state index >= 15 is 0 Å². The van der Waals surface area contributed by atoms with E-state index in [9.17, 15) is 14.4 Å². The van der Waals surface area contributed by atoms with E-state index in [0.717, 1.165) is 17.6 Å². The molecule has 1 fully saturated rings. The fraction of sp³-hybridized carbons (Fsp3) is 0.360. The summed E-state index contributed by atoms with van der Waals surface area (Å²) < 4.78 is 6.75. The molecule has 1 aliphatic heterocycles. The zero-order valence-corrected chi connectivity index (χ0v) is 20.1. The van der Waals surface area contributed by atoms with Gasteiger partial charge in [-0.2, -0.15) is 5.26 Å². The van der Waals surface area contributed by atoms with Crippen LogP contribution >= 0.6 is 0 Å². The van der Waals surface area contributed by atoms with E-state index < -0.39 is 6.09 Å². The molecule has 0 spiro atoms. The van der Waals surface area contributed by atoms with E-state index in [1.807, 2.05) is 0 Å². The molecule has 1 aliphatic carbocycles. The molecule has 0 aromatic carbocycles. The molecular weight excluding hydrogens is 478 g/mol. The number of aromatic nitrogens is 3. The second-order valence-corrected chi connectivity index (χ2v) is 8.66. The molecular formula is C25H27N7O5. The fourth-order valence-corrected chi connectivity index (χ4v) is 4.29. The average Bonchev–Trinajstić information content (AvgIpc) is 2.90. The Morgan fingerprint density at radius 3 is 2.78 bits per heavy atom. The molecule has 0 atom stereocenters. The zero-order chi connectivity index (χ0) is 26.2. The first-order valence-corrected chi connectivity index (χ1v) is 12.0. The number of hydrogen-bond donors (Lipinski definition) is 4. The smallest absolute Gasteiger partial charge is 0.410 e. The Balaban J connectivity index is 0.000000186. The van der Waals surface area contributed by atoms with Gasteiger partial charge in [-0.15, -0.1) is 0 Å². The Hall–Kier alpha value is -4.50. The first-order chi connectivity index (χ1) is 17.9. The number of amides is 2. The topological polar surface area (TPSA) is 171 Å². The monoisotopic (exact) mass is 505 g/mol. The molecule has 1 saturated carbocycles. The van der Waals surface area contributed by atoms with Crippen LogP contribution in [0.25, 0.3) is 11.0 Å². The van der Waals surface area contributed by atoms with Crippen molar-refractivity contribution in [1.82, 2.24) is 19.9 Å². The SMILES string of the molecule is N#Cc1cnc2ccc(=O)n(CCNC3CCCCC3)c2c1.O=C(O)Nc1ccc2c(n1)NC(=O)CO2. The van der Waals surface area contributed by atoms with Crippen LogP contribution in [-0.2, 0) is 11.3 Å². The maximum absolute atomic E-state index is 12.1. The van der Waals surface area contributed by atoms with Gasteiger partial charge in [-0.1, -0.05) is 19.3 Å². The van der Waals surface area contributed by atoms with Gasteiger partial charge in [-0.3, -0.25) is 19.9 Å². The van der Waals surface area contributed by atoms with Gasteiger partial charge < -0.3 is 25.0 Å². The summed E-state index contributed by atoms with van der Waals surface area (Å²) in [4.78, 5) is 41.5. The van der Waals surface area contributed by atoms with Gasteiger partial charge in [0.25, 0.3) is 11.5 Å². The van der Waals surface area contributed by atoms with Crippen LogP contribution in [0.4, 0.5) is 16.4 Å². The number of carbonyl (C=O) groups excluding carboxylic acids is 1. The Labute approximate surface area is 212 Å². The highest BCUT2D eigenvalue weighted by Crippen LogP contribution is 2.26. The minimum Gasteiger partial charge on any atom is -0.480 e. The summed E-state index contributed by atoms with van der Waals surface area (Å²) in [5.74, 6) is 0.456. The zero-order valence-electron chi connectivity index (χ0n) is 20.1. The van der Waals surface area contributed by atoms with Gasteiger partial charge in [-0.25, -0.2) is 9.78 Å². The number of carbonyl (C=O) groups is 2. The fourth-order valence-electron chi connectivity index (χ4n) is 4.29. The van der Waals surface area contributed by atoms with Gasteiger partial charge in [0.2, 0.25) is 0 Å². The summed E-state index contributed by atoms with van der Waals surface area (Å²) in [5, 5.41) is 25.5. The maximum atomic E-state index is 12.1. The van der Waals surface area contributed by atoms with Crippen molar-refractivity contribution < 1.29 is 19.4 Å². The number of fused-ring (bicyclic) bond motifs is 2. The molecule has 12 heteroatoms. The maximum Gasteiger partial charge on any atom is 0.410 e. The lowest BCUT2D eigenvalue weighted by molar-refractivity contribution is -0.118. The molecule has 12 nitrogen and oxygen atoms in total. The van der Waals surface area contributed by atoms with E-state index in [1.54, 1.807) is 22.8 Å². The molecule has 3 aromatic heterocycles. The largest absolute Gasteiger partial charge is 0.480 e. The van der Waals surface area contributed by atoms with Crippen molar-refractivity contribution in [3.05, 3.63) is 52.4 Å². The summed E-state index contributed by atoms with van der Waals surface area (Å²) in [6, 6.07) is 10.6. The van der Waals surface area contributed by atoms with Crippen LogP contribution < -0.4 is 26.2 Å². The van der Waals surface area contributed by atoms with E-state index in [-0.39, 0.29) is 29.7 Å². The van der Waals surface area contributed by atoms with Gasteiger partial charge in [-0.05, 0) is 37.1 Å². The van der Waals surface area contributed by atoms with Crippen LogP contribution in [0.1, 0.15) is 37.7 Å². The predicted molar refractivity (Wildman–Crippen MR) is 136 cm³/mol. The first-order valence-electron chi connectivity index (χ1n) is 12.0. The molecule has 192 valence electrons. The van der Waals surface area contributed by atoms with Crippen LogP contribution in [0.3, 0.4) is 0 Å². The Morgan fingerprint density at radius 1 is 1.22 bits per heavy atom. The Morgan fingerprint density at radius 2 is 2.03 bits per heavy atom. The second kappa shape index (κ2) is 12.0. The number of hydrogen-bond acceptors (Lipinski definition) is 8. The number of anilines is 2. The number of carboxylic acid groups (broad SMARTS) is 1. The number of rotatable bonds is 5. The van der Waals surface area contributed by atoms with Crippen molar-refractivity contribution in [2.24, 2.45) is 0 Å². The molecule has 0 unspecified atom stereocenters. The van der Waals surface area contributed by atoms with Crippen LogP contribution in [0.2, 0.25) is 0 Å². The Bertz CT molecular complexity index is 1390. The predicted octanol–water partition coefficient (Wildman–Crippen LogP) is 2.69. The van der Waals surface area contributed by atoms with Crippen molar-refractivity contribution in [1.29, 1.82) is 5.26 Å². The summed E-state index contributed by atoms with van der Waals surface area (Å²) >= 11 is 0. The van der Waals surface area contributed by atoms with Gasteiger partial charge in [0.15, 0.2) is 18.2 Å². The molecule has 0 bridgehead atoms. The van der Waals surface area contributed by atoms with Crippen molar-refractivity contribution in [2.45, 2.75) is 44.7 Å². The summed E-state index contributed by atoms with van der Waals surface area (Å²) in [6.07, 6.45) is 6.70. The molecule has 0 saturated heterocycles. The summed E-state index contributed by atoms with van der Waals surface area (Å²) in [7, 11) is 0. The van der Waals surface area contributed by atoms with Crippen molar-refractivity contribution in [2.75, 3.05) is 23.8 Å². The van der Waals surface area contributed by atoms with Crippen LogP contribution in [0.5, 0.6) is 5.75 Å². The van der Waals surface area contributed by atoms with Gasteiger partial charge >= 0.3 is 6.09 Å². The number of nitrogens with zero attached hydrogens (tertiary/aromatic N) is 4. The molecule has 2 aliphatic rings. The minimum atomic E-state index is -1.22. The highest BCUT2D eigenvalue weighted by molar-refractivity contribution is 5.94. The van der Waals surface area contributed by atoms with Gasteiger partial charge in [0, 0.05) is 31.4 Å². The van der Waals surface area contributed by atoms with Crippen molar-refractivity contribution in [3.8, 4) is 11.8 Å². The van der Waals surface area contributed by atoms with Crippen molar-refractivity contribution in [3.63, 3.8) is 0 Å². The lowest BCUT2D eigenvalue weighted by Gasteiger charge is -2.23.